The van der Waals surface area contributed by atoms with Gasteiger partial charge >= 0.3 is 0 Å². The van der Waals surface area contributed by atoms with Crippen molar-refractivity contribution in [2.24, 2.45) is 0 Å². The van der Waals surface area contributed by atoms with Gasteiger partial charge in [-0.1, -0.05) is 60.7 Å². The van der Waals surface area contributed by atoms with Gasteiger partial charge in [-0.05, 0) is 48.4 Å². The first-order valence-electron chi connectivity index (χ1n) is 11.4. The second-order valence-corrected chi connectivity index (χ2v) is 8.73. The zero-order valence-corrected chi connectivity index (χ0v) is 20.9. The lowest BCUT2D eigenvalue weighted by atomic mass is 10.1. The average Bonchev–Trinajstić information content (AvgIpc) is 3.49. The van der Waals surface area contributed by atoms with Crippen molar-refractivity contribution < 1.29 is 0 Å². The summed E-state index contributed by atoms with van der Waals surface area (Å²) in [7, 11) is 0. The molecule has 8 nitrogen and oxygen atoms in total. The lowest BCUT2D eigenvalue weighted by Gasteiger charge is -2.09. The van der Waals surface area contributed by atoms with Crippen LogP contribution in [0.15, 0.2) is 85.5 Å². The van der Waals surface area contributed by atoms with Crippen molar-refractivity contribution in [3.63, 3.8) is 0 Å². The van der Waals surface area contributed by atoms with Gasteiger partial charge in [0, 0.05) is 13.1 Å². The third kappa shape index (κ3) is 8.20. The first kappa shape index (κ1) is 24.4. The summed E-state index contributed by atoms with van der Waals surface area (Å²) >= 11 is 10.8. The second-order valence-electron chi connectivity index (χ2n) is 7.91. The summed E-state index contributed by atoms with van der Waals surface area (Å²) in [5, 5.41) is 22.7. The van der Waals surface area contributed by atoms with E-state index >= 15 is 0 Å². The number of anilines is 2. The second kappa shape index (κ2) is 12.6. The van der Waals surface area contributed by atoms with E-state index in [-0.39, 0.29) is 0 Å². The number of thiocarbonyl (C=S) groups is 2. The van der Waals surface area contributed by atoms with Crippen LogP contribution in [0, 0.1) is 0 Å². The molecule has 4 aromatic rings. The van der Waals surface area contributed by atoms with Crippen LogP contribution in [0.25, 0.3) is 0 Å². The van der Waals surface area contributed by atoms with E-state index in [2.05, 4.69) is 55.7 Å². The molecule has 10 heteroatoms. The van der Waals surface area contributed by atoms with Gasteiger partial charge in [0.25, 0.3) is 0 Å². The molecule has 0 spiro atoms. The fraction of sp³-hybridized carbons (Fsp3) is 0.200. The number of rotatable bonds is 10. The van der Waals surface area contributed by atoms with Gasteiger partial charge in [0.05, 0.1) is 36.2 Å². The topological polar surface area (TPSA) is 83.8 Å². The minimum Gasteiger partial charge on any atom is -0.362 e. The van der Waals surface area contributed by atoms with Crippen molar-refractivity contribution in [3.8, 4) is 0 Å². The normalized spacial score (nSPS) is 10.5. The van der Waals surface area contributed by atoms with Crippen LogP contribution in [0.4, 0.5) is 11.4 Å². The van der Waals surface area contributed by atoms with Crippen molar-refractivity contribution in [2.45, 2.75) is 19.5 Å². The standard InChI is InChI=1S/C25H28N8S2/c34-24(26-13-11-20-7-3-1-4-8-20)30-22-15-28-32(17-22)19-33-18-23(16-29-33)31-25(35)27-14-12-21-9-5-2-6-10-21/h1-10,15-18H,11-14,19H2,(H2,26,30,34)(H2,27,31,35). The van der Waals surface area contributed by atoms with Crippen molar-refractivity contribution in [2.75, 3.05) is 23.7 Å². The fourth-order valence-electron chi connectivity index (χ4n) is 3.44. The number of hydrogen-bond acceptors (Lipinski definition) is 4. The van der Waals surface area contributed by atoms with Crippen molar-refractivity contribution >= 4 is 46.0 Å². The molecule has 0 bridgehead atoms. The molecule has 0 saturated heterocycles. The minimum absolute atomic E-state index is 0.464. The Hall–Kier alpha value is -3.76. The highest BCUT2D eigenvalue weighted by Crippen LogP contribution is 2.08. The fourth-order valence-corrected chi connectivity index (χ4v) is 3.88. The van der Waals surface area contributed by atoms with Gasteiger partial charge in [-0.2, -0.15) is 10.2 Å². The molecule has 0 atom stereocenters. The van der Waals surface area contributed by atoms with Gasteiger partial charge in [-0.25, -0.2) is 9.36 Å². The van der Waals surface area contributed by atoms with E-state index < -0.39 is 0 Å². The van der Waals surface area contributed by atoms with Crippen molar-refractivity contribution in [3.05, 3.63) is 96.6 Å². The Bertz CT molecular complexity index is 1120. The first-order valence-corrected chi connectivity index (χ1v) is 12.2. The highest BCUT2D eigenvalue weighted by Gasteiger charge is 2.05. The molecular weight excluding hydrogens is 476 g/mol. The molecule has 0 aliphatic heterocycles. The zero-order chi connectivity index (χ0) is 24.3. The highest BCUT2D eigenvalue weighted by atomic mass is 32.1. The van der Waals surface area contributed by atoms with Crippen LogP contribution in [-0.4, -0.2) is 42.9 Å². The Morgan fingerprint density at radius 1 is 0.657 bits per heavy atom. The van der Waals surface area contributed by atoms with E-state index in [1.165, 1.54) is 11.1 Å². The number of hydrogen-bond donors (Lipinski definition) is 4. The lowest BCUT2D eigenvalue weighted by Crippen LogP contribution is -2.30. The van der Waals surface area contributed by atoms with E-state index in [1.807, 2.05) is 48.8 Å². The van der Waals surface area contributed by atoms with Crippen molar-refractivity contribution in [1.82, 2.24) is 30.2 Å². The minimum atomic E-state index is 0.464. The van der Waals surface area contributed by atoms with Crippen molar-refractivity contribution in [1.29, 1.82) is 0 Å². The Morgan fingerprint density at radius 2 is 1.09 bits per heavy atom. The number of benzene rings is 2. The molecule has 0 amide bonds. The maximum Gasteiger partial charge on any atom is 0.170 e. The van der Waals surface area contributed by atoms with Gasteiger partial charge < -0.3 is 21.3 Å². The van der Waals surface area contributed by atoms with Crippen LogP contribution in [0.1, 0.15) is 11.1 Å². The molecule has 0 fully saturated rings. The first-order chi connectivity index (χ1) is 17.1. The summed E-state index contributed by atoms with van der Waals surface area (Å²) in [5.74, 6) is 0. The molecule has 0 unspecified atom stereocenters. The van der Waals surface area contributed by atoms with Gasteiger partial charge in [0.2, 0.25) is 0 Å². The van der Waals surface area contributed by atoms with Crippen LogP contribution in [0.5, 0.6) is 0 Å². The summed E-state index contributed by atoms with van der Waals surface area (Å²) in [6, 6.07) is 20.6. The maximum atomic E-state index is 5.39. The number of nitrogens with zero attached hydrogens (tertiary/aromatic N) is 4. The maximum absolute atomic E-state index is 5.39. The van der Waals surface area contributed by atoms with Crippen LogP contribution >= 0.6 is 24.4 Å². The molecule has 2 aromatic carbocycles. The zero-order valence-electron chi connectivity index (χ0n) is 19.2. The summed E-state index contributed by atoms with van der Waals surface area (Å²) in [4.78, 5) is 0. The molecule has 0 aliphatic carbocycles. The third-order valence-electron chi connectivity index (χ3n) is 5.16. The number of aromatic nitrogens is 4. The number of nitrogens with one attached hydrogen (secondary N) is 4. The summed E-state index contributed by atoms with van der Waals surface area (Å²) in [6.07, 6.45) is 9.05. The van der Waals surface area contributed by atoms with Crippen LogP contribution < -0.4 is 21.3 Å². The summed E-state index contributed by atoms with van der Waals surface area (Å²) in [5.41, 5.74) is 4.17. The summed E-state index contributed by atoms with van der Waals surface area (Å²) in [6.45, 7) is 1.98. The Morgan fingerprint density at radius 3 is 1.51 bits per heavy atom. The SMILES string of the molecule is S=C(NCCc1ccccc1)Nc1cnn(Cn2cc(NC(=S)NCCc3ccccc3)cn2)c1. The predicted octanol–water partition coefficient (Wildman–Crippen LogP) is 3.64. The summed E-state index contributed by atoms with van der Waals surface area (Å²) < 4.78 is 3.56. The molecule has 0 radical (unpaired) electrons. The van der Waals surface area contributed by atoms with E-state index in [0.717, 1.165) is 37.3 Å². The molecule has 4 rings (SSSR count). The van der Waals surface area contributed by atoms with Crippen LogP contribution in [-0.2, 0) is 19.5 Å². The van der Waals surface area contributed by atoms with E-state index in [0.29, 0.717) is 16.9 Å². The molecule has 0 saturated carbocycles. The predicted molar refractivity (Wildman–Crippen MR) is 149 cm³/mol. The van der Waals surface area contributed by atoms with Gasteiger partial charge in [0.15, 0.2) is 10.2 Å². The van der Waals surface area contributed by atoms with Gasteiger partial charge in [0.1, 0.15) is 6.67 Å². The Labute approximate surface area is 215 Å². The van der Waals surface area contributed by atoms with Gasteiger partial charge in [-0.3, -0.25) is 0 Å². The van der Waals surface area contributed by atoms with Gasteiger partial charge in [-0.15, -0.1) is 0 Å². The quantitative estimate of drug-likeness (QED) is 0.244. The molecule has 4 N–H and O–H groups in total. The highest BCUT2D eigenvalue weighted by molar-refractivity contribution is 7.80. The van der Waals surface area contributed by atoms with Crippen LogP contribution in [0.3, 0.4) is 0 Å². The average molecular weight is 505 g/mol. The molecular formula is C25H28N8S2. The Kier molecular flexibility index (Phi) is 8.79. The molecule has 180 valence electrons. The third-order valence-corrected chi connectivity index (χ3v) is 5.65. The largest absolute Gasteiger partial charge is 0.362 e. The smallest absolute Gasteiger partial charge is 0.170 e. The molecule has 35 heavy (non-hydrogen) atoms. The lowest BCUT2D eigenvalue weighted by molar-refractivity contribution is 0.503. The molecule has 0 aliphatic rings. The van der Waals surface area contributed by atoms with E-state index in [9.17, 15) is 0 Å². The molecule has 2 aromatic heterocycles. The van der Waals surface area contributed by atoms with Crippen LogP contribution in [0.2, 0.25) is 0 Å². The monoisotopic (exact) mass is 504 g/mol. The Balaban J connectivity index is 1.17. The molecule has 2 heterocycles. The van der Waals surface area contributed by atoms with E-state index in [1.54, 1.807) is 21.8 Å². The van der Waals surface area contributed by atoms with E-state index in [4.69, 9.17) is 24.4 Å².